The Labute approximate surface area is 189 Å². The van der Waals surface area contributed by atoms with Gasteiger partial charge in [0.25, 0.3) is 0 Å². The normalized spacial score (nSPS) is 28.1. The molecule has 3 saturated heterocycles. The molecular formula is C28H30NO3+. The average molecular weight is 429 g/mol. The molecule has 4 nitrogen and oxygen atoms in total. The summed E-state index contributed by atoms with van der Waals surface area (Å²) in [6.45, 7) is 4.40. The number of ether oxygens (including phenoxy) is 2. The Morgan fingerprint density at radius 2 is 1.62 bits per heavy atom. The summed E-state index contributed by atoms with van der Waals surface area (Å²) in [5, 5.41) is 0. The standard InChI is InChI=1S/C28H30NO3/c30-28(32-27-24-12-6-4-10-22(24)23-11-5-7-13-25(23)27)31-26-19-29(16-14-21(26)15-17-29)18-20-8-2-1-3-9-20/h1-2,4-8,10-13,21,26-27H,3,9,14-19H2/q+1/t21?,26-,29?/m0/s1. The number of carbonyl (C=O) groups is 1. The van der Waals surface area contributed by atoms with Crippen molar-refractivity contribution < 1.29 is 18.8 Å². The zero-order chi connectivity index (χ0) is 21.5. The van der Waals surface area contributed by atoms with E-state index in [4.69, 9.17) is 9.47 Å². The molecule has 0 unspecified atom stereocenters. The first-order valence-electron chi connectivity index (χ1n) is 12.0. The highest BCUT2D eigenvalue weighted by Crippen LogP contribution is 2.45. The van der Waals surface area contributed by atoms with Crippen molar-refractivity contribution in [3.05, 3.63) is 83.5 Å². The quantitative estimate of drug-likeness (QED) is 0.456. The number of rotatable bonds is 4. The van der Waals surface area contributed by atoms with Gasteiger partial charge in [-0.2, -0.15) is 0 Å². The molecule has 7 rings (SSSR count). The fourth-order valence-corrected chi connectivity index (χ4v) is 6.28. The van der Waals surface area contributed by atoms with Crippen molar-refractivity contribution in [3.8, 4) is 11.1 Å². The number of carbonyl (C=O) groups excluding carboxylic acids is 1. The number of allylic oxidation sites excluding steroid dienone is 3. The molecule has 2 aliphatic carbocycles. The summed E-state index contributed by atoms with van der Waals surface area (Å²) < 4.78 is 13.0. The molecule has 1 atom stereocenters. The maximum atomic E-state index is 13.0. The average Bonchev–Trinajstić information content (AvgIpc) is 3.14. The molecule has 164 valence electrons. The Hall–Kier alpha value is -2.85. The highest BCUT2D eigenvalue weighted by molar-refractivity contribution is 5.79. The summed E-state index contributed by atoms with van der Waals surface area (Å²) in [6.07, 6.45) is 10.3. The molecular weight excluding hydrogens is 398 g/mol. The molecule has 2 bridgehead atoms. The van der Waals surface area contributed by atoms with Gasteiger partial charge >= 0.3 is 6.16 Å². The topological polar surface area (TPSA) is 35.5 Å². The van der Waals surface area contributed by atoms with Crippen LogP contribution in [0.25, 0.3) is 11.1 Å². The van der Waals surface area contributed by atoms with Crippen LogP contribution in [0.1, 0.15) is 42.9 Å². The number of fused-ring (bicyclic) bond motifs is 6. The minimum Gasteiger partial charge on any atom is -0.425 e. The van der Waals surface area contributed by atoms with Crippen molar-refractivity contribution >= 4 is 6.16 Å². The first-order chi connectivity index (χ1) is 15.7. The predicted molar refractivity (Wildman–Crippen MR) is 124 cm³/mol. The van der Waals surface area contributed by atoms with Crippen LogP contribution in [-0.4, -0.2) is 42.9 Å². The van der Waals surface area contributed by atoms with Crippen LogP contribution in [0.4, 0.5) is 4.79 Å². The van der Waals surface area contributed by atoms with Gasteiger partial charge in [-0.15, -0.1) is 0 Å². The van der Waals surface area contributed by atoms with Gasteiger partial charge in [0.2, 0.25) is 0 Å². The lowest BCUT2D eigenvalue weighted by Gasteiger charge is -2.52. The van der Waals surface area contributed by atoms with Crippen molar-refractivity contribution in [1.29, 1.82) is 0 Å². The van der Waals surface area contributed by atoms with E-state index in [2.05, 4.69) is 30.4 Å². The van der Waals surface area contributed by atoms with Crippen molar-refractivity contribution in [1.82, 2.24) is 0 Å². The van der Waals surface area contributed by atoms with Gasteiger partial charge in [-0.25, -0.2) is 4.79 Å². The van der Waals surface area contributed by atoms with Gasteiger partial charge in [0.15, 0.2) is 12.2 Å². The molecule has 3 heterocycles. The first-order valence-corrected chi connectivity index (χ1v) is 12.0. The predicted octanol–water partition coefficient (Wildman–Crippen LogP) is 5.80. The van der Waals surface area contributed by atoms with Crippen LogP contribution in [-0.2, 0) is 9.47 Å². The third-order valence-electron chi connectivity index (χ3n) is 7.92. The molecule has 0 N–H and O–H groups in total. The molecule has 0 saturated carbocycles. The highest BCUT2D eigenvalue weighted by atomic mass is 16.7. The Morgan fingerprint density at radius 1 is 0.938 bits per heavy atom. The fraction of sp³-hybridized carbons (Fsp3) is 0.393. The van der Waals surface area contributed by atoms with E-state index in [9.17, 15) is 4.79 Å². The van der Waals surface area contributed by atoms with E-state index in [0.717, 1.165) is 65.5 Å². The van der Waals surface area contributed by atoms with Gasteiger partial charge in [-0.05, 0) is 29.5 Å². The van der Waals surface area contributed by atoms with Gasteiger partial charge < -0.3 is 14.0 Å². The van der Waals surface area contributed by atoms with Crippen LogP contribution < -0.4 is 0 Å². The number of hydrogen-bond acceptors (Lipinski definition) is 3. The van der Waals surface area contributed by atoms with E-state index < -0.39 is 12.3 Å². The lowest BCUT2D eigenvalue weighted by atomic mass is 9.82. The maximum absolute atomic E-state index is 13.0. The third kappa shape index (κ3) is 3.47. The van der Waals surface area contributed by atoms with E-state index in [1.807, 2.05) is 36.4 Å². The molecule has 0 aromatic heterocycles. The summed E-state index contributed by atoms with van der Waals surface area (Å²) in [5.41, 5.74) is 5.90. The Bertz CT molecular complexity index is 1050. The number of hydrogen-bond donors (Lipinski definition) is 0. The second kappa shape index (κ2) is 7.93. The Morgan fingerprint density at radius 3 is 2.28 bits per heavy atom. The highest BCUT2D eigenvalue weighted by Gasteiger charge is 2.48. The summed E-state index contributed by atoms with van der Waals surface area (Å²) in [6, 6.07) is 16.4. The maximum Gasteiger partial charge on any atom is 0.509 e. The number of quaternary nitrogens is 1. The van der Waals surface area contributed by atoms with Gasteiger partial charge in [-0.1, -0.05) is 66.8 Å². The first kappa shape index (κ1) is 19.8. The Balaban J connectivity index is 1.17. The summed E-state index contributed by atoms with van der Waals surface area (Å²) >= 11 is 0. The molecule has 0 spiro atoms. The van der Waals surface area contributed by atoms with Crippen molar-refractivity contribution in [2.24, 2.45) is 5.92 Å². The number of piperidine rings is 3. The Kier molecular flexibility index (Phi) is 4.91. The van der Waals surface area contributed by atoms with E-state index in [-0.39, 0.29) is 6.10 Å². The lowest BCUT2D eigenvalue weighted by Crippen LogP contribution is -2.64. The van der Waals surface area contributed by atoms with Crippen LogP contribution >= 0.6 is 0 Å². The van der Waals surface area contributed by atoms with Crippen molar-refractivity contribution in [3.63, 3.8) is 0 Å². The monoisotopic (exact) mass is 428 g/mol. The molecule has 3 fully saturated rings. The number of nitrogens with zero attached hydrogens (tertiary/aromatic N) is 1. The van der Waals surface area contributed by atoms with Gasteiger partial charge in [0.1, 0.15) is 13.1 Å². The molecule has 2 aromatic rings. The van der Waals surface area contributed by atoms with Gasteiger partial charge in [0, 0.05) is 29.9 Å². The van der Waals surface area contributed by atoms with Crippen LogP contribution in [0.2, 0.25) is 0 Å². The molecule has 3 aliphatic heterocycles. The minimum atomic E-state index is -0.529. The molecule has 0 radical (unpaired) electrons. The van der Waals surface area contributed by atoms with E-state index in [0.29, 0.717) is 5.92 Å². The van der Waals surface area contributed by atoms with Crippen LogP contribution in [0.5, 0.6) is 0 Å². The van der Waals surface area contributed by atoms with Crippen LogP contribution in [0, 0.1) is 5.92 Å². The SMILES string of the molecule is O=C(OC1c2ccccc2-c2ccccc21)O[C@H]1C[N+]2(CC3=CC=CCC3)CCC1CC2. The van der Waals surface area contributed by atoms with E-state index in [1.54, 1.807) is 0 Å². The van der Waals surface area contributed by atoms with Crippen LogP contribution in [0.15, 0.2) is 72.3 Å². The van der Waals surface area contributed by atoms with Crippen molar-refractivity contribution in [2.45, 2.75) is 37.9 Å². The summed E-state index contributed by atoms with van der Waals surface area (Å²) in [7, 11) is 0. The van der Waals surface area contributed by atoms with E-state index in [1.165, 1.54) is 18.7 Å². The van der Waals surface area contributed by atoms with E-state index >= 15 is 0 Å². The summed E-state index contributed by atoms with van der Waals surface area (Å²) in [5.74, 6) is 0.464. The molecule has 2 aromatic carbocycles. The molecule has 32 heavy (non-hydrogen) atoms. The van der Waals surface area contributed by atoms with Gasteiger partial charge in [0.05, 0.1) is 13.1 Å². The fourth-order valence-electron chi connectivity index (χ4n) is 6.28. The molecule has 5 aliphatic rings. The lowest BCUT2D eigenvalue weighted by molar-refractivity contribution is -0.942. The zero-order valence-electron chi connectivity index (χ0n) is 18.4. The molecule has 4 heteroatoms. The minimum absolute atomic E-state index is 0.0448. The zero-order valence-corrected chi connectivity index (χ0v) is 18.4. The number of benzene rings is 2. The third-order valence-corrected chi connectivity index (χ3v) is 7.92. The van der Waals surface area contributed by atoms with Crippen molar-refractivity contribution in [2.75, 3.05) is 26.2 Å². The van der Waals surface area contributed by atoms with Crippen LogP contribution in [0.3, 0.4) is 0 Å². The summed E-state index contributed by atoms with van der Waals surface area (Å²) in [4.78, 5) is 13.0. The smallest absolute Gasteiger partial charge is 0.425 e. The second-order valence-corrected chi connectivity index (χ2v) is 9.84. The largest absolute Gasteiger partial charge is 0.509 e. The van der Waals surface area contributed by atoms with Gasteiger partial charge in [-0.3, -0.25) is 0 Å². The molecule has 0 amide bonds. The second-order valence-electron chi connectivity index (χ2n) is 9.84.